The highest BCUT2D eigenvalue weighted by Gasteiger charge is 2.35. The fraction of sp³-hybridized carbons (Fsp3) is 0.500. The van der Waals surface area contributed by atoms with Gasteiger partial charge in [-0.25, -0.2) is 8.91 Å². The number of carbonyl (C=O) groups is 1. The van der Waals surface area contributed by atoms with Crippen molar-refractivity contribution < 1.29 is 13.9 Å². The second-order valence-electron chi connectivity index (χ2n) is 6.97. The summed E-state index contributed by atoms with van der Waals surface area (Å²) >= 11 is 0. The number of fused-ring (bicyclic) bond motifs is 1. The molecule has 0 radical (unpaired) electrons. The lowest BCUT2D eigenvalue weighted by atomic mass is 10.1. The molecule has 2 N–H and O–H groups in total. The van der Waals surface area contributed by atoms with Gasteiger partial charge >= 0.3 is 0 Å². The number of ether oxygens (including phenoxy) is 1. The van der Waals surface area contributed by atoms with Gasteiger partial charge < -0.3 is 20.3 Å². The van der Waals surface area contributed by atoms with E-state index < -0.39 is 18.3 Å². The van der Waals surface area contributed by atoms with Gasteiger partial charge in [-0.15, -0.1) is 0 Å². The minimum absolute atomic E-state index is 0.170. The molecule has 2 saturated heterocycles. The Labute approximate surface area is 155 Å². The first-order chi connectivity index (χ1) is 13.1. The largest absolute Gasteiger partial charge is 0.364 e. The quantitative estimate of drug-likeness (QED) is 0.801. The predicted octanol–water partition coefficient (Wildman–Crippen LogP) is 0.226. The SMILES string of the molecule is C[C@@H]1CN(c2ccc(C#N)n3nccc23)C[C@H](C(=O)NC2CNC[C@H]2F)O1. The van der Waals surface area contributed by atoms with Crippen LogP contribution in [0.4, 0.5) is 10.1 Å². The lowest BCUT2D eigenvalue weighted by molar-refractivity contribution is -0.138. The van der Waals surface area contributed by atoms with Crippen molar-refractivity contribution in [2.24, 2.45) is 0 Å². The summed E-state index contributed by atoms with van der Waals surface area (Å²) in [5.74, 6) is -0.305. The van der Waals surface area contributed by atoms with Crippen molar-refractivity contribution in [1.82, 2.24) is 20.2 Å². The Morgan fingerprint density at radius 3 is 3.00 bits per heavy atom. The number of carbonyl (C=O) groups excluding carboxylic acids is 1. The molecule has 0 aromatic carbocycles. The fourth-order valence-corrected chi connectivity index (χ4v) is 3.71. The third-order valence-electron chi connectivity index (χ3n) is 5.01. The fourth-order valence-electron chi connectivity index (χ4n) is 3.71. The topological polar surface area (TPSA) is 94.7 Å². The molecule has 9 heteroatoms. The average Bonchev–Trinajstić information content (AvgIpc) is 3.30. The number of nitrogens with zero attached hydrogens (tertiary/aromatic N) is 4. The lowest BCUT2D eigenvalue weighted by Crippen LogP contribution is -2.55. The van der Waals surface area contributed by atoms with Gasteiger partial charge in [0.15, 0.2) is 6.10 Å². The molecule has 4 heterocycles. The van der Waals surface area contributed by atoms with Crippen LogP contribution in [0.1, 0.15) is 12.6 Å². The van der Waals surface area contributed by atoms with Gasteiger partial charge in [-0.05, 0) is 25.1 Å². The Kier molecular flexibility index (Phi) is 4.68. The van der Waals surface area contributed by atoms with E-state index in [9.17, 15) is 14.4 Å². The van der Waals surface area contributed by atoms with Crippen LogP contribution < -0.4 is 15.5 Å². The number of amides is 1. The highest BCUT2D eigenvalue weighted by atomic mass is 19.1. The van der Waals surface area contributed by atoms with Crippen LogP contribution in [0.2, 0.25) is 0 Å². The Morgan fingerprint density at radius 2 is 2.26 bits per heavy atom. The average molecular weight is 372 g/mol. The van der Waals surface area contributed by atoms with Crippen LogP contribution in [0.25, 0.3) is 5.52 Å². The number of nitriles is 1. The number of nitrogens with one attached hydrogen (secondary N) is 2. The Morgan fingerprint density at radius 1 is 1.41 bits per heavy atom. The molecule has 27 heavy (non-hydrogen) atoms. The number of morpholine rings is 1. The van der Waals surface area contributed by atoms with Crippen molar-refractivity contribution in [2.45, 2.75) is 31.3 Å². The first kappa shape index (κ1) is 17.7. The van der Waals surface area contributed by atoms with E-state index in [0.29, 0.717) is 25.3 Å². The number of rotatable bonds is 3. The van der Waals surface area contributed by atoms with E-state index >= 15 is 0 Å². The molecule has 0 saturated carbocycles. The summed E-state index contributed by atoms with van der Waals surface area (Å²) in [6.45, 7) is 3.53. The summed E-state index contributed by atoms with van der Waals surface area (Å²) in [6, 6.07) is 7.00. The van der Waals surface area contributed by atoms with Crippen LogP contribution >= 0.6 is 0 Å². The first-order valence-corrected chi connectivity index (χ1v) is 8.99. The van der Waals surface area contributed by atoms with Crippen molar-refractivity contribution in [1.29, 1.82) is 5.26 Å². The van der Waals surface area contributed by atoms with Crippen LogP contribution in [0.3, 0.4) is 0 Å². The second kappa shape index (κ2) is 7.13. The van der Waals surface area contributed by atoms with Crippen LogP contribution in [-0.2, 0) is 9.53 Å². The van der Waals surface area contributed by atoms with Gasteiger partial charge in [0.1, 0.15) is 17.9 Å². The molecule has 4 atom stereocenters. The first-order valence-electron chi connectivity index (χ1n) is 8.99. The maximum absolute atomic E-state index is 13.8. The zero-order chi connectivity index (χ0) is 19.0. The highest BCUT2D eigenvalue weighted by molar-refractivity contribution is 5.83. The summed E-state index contributed by atoms with van der Waals surface area (Å²) in [6.07, 6.45) is -0.311. The van der Waals surface area contributed by atoms with E-state index in [1.165, 1.54) is 0 Å². The molecule has 4 rings (SSSR count). The van der Waals surface area contributed by atoms with E-state index in [0.717, 1.165) is 11.2 Å². The Bertz CT molecular complexity index is 894. The number of anilines is 1. The standard InChI is InChI=1S/C18H21FN6O2/c1-11-9-24(15-3-2-12(6-20)25-16(15)4-5-22-25)10-17(27-11)18(26)23-14-8-21-7-13(14)19/h2-5,11,13-14,17,21H,7-10H2,1H3,(H,23,26)/t11-,13-,14?,17-/m1/s1. The molecule has 2 aromatic heterocycles. The van der Waals surface area contributed by atoms with Gasteiger partial charge in [0.2, 0.25) is 0 Å². The van der Waals surface area contributed by atoms with Crippen molar-refractivity contribution in [3.05, 3.63) is 30.1 Å². The molecule has 2 aliphatic rings. The molecule has 1 unspecified atom stereocenters. The van der Waals surface area contributed by atoms with E-state index in [2.05, 4.69) is 26.7 Å². The number of hydrogen-bond acceptors (Lipinski definition) is 6. The molecule has 142 valence electrons. The molecule has 1 amide bonds. The monoisotopic (exact) mass is 372 g/mol. The molecule has 0 spiro atoms. The van der Waals surface area contributed by atoms with Crippen molar-refractivity contribution in [3.8, 4) is 6.07 Å². The molecule has 0 bridgehead atoms. The predicted molar refractivity (Wildman–Crippen MR) is 96.2 cm³/mol. The normalized spacial score (nSPS) is 28.3. The molecular formula is C18H21FN6O2. The van der Waals surface area contributed by atoms with Crippen molar-refractivity contribution in [3.63, 3.8) is 0 Å². The smallest absolute Gasteiger partial charge is 0.251 e. The molecular weight excluding hydrogens is 351 g/mol. The molecule has 8 nitrogen and oxygen atoms in total. The van der Waals surface area contributed by atoms with Crippen LogP contribution in [0, 0.1) is 11.3 Å². The zero-order valence-electron chi connectivity index (χ0n) is 14.9. The van der Waals surface area contributed by atoms with Crippen LogP contribution in [0.5, 0.6) is 0 Å². The summed E-state index contributed by atoms with van der Waals surface area (Å²) in [5, 5.41) is 19.1. The Balaban J connectivity index is 1.55. The van der Waals surface area contributed by atoms with E-state index in [1.54, 1.807) is 16.8 Å². The van der Waals surface area contributed by atoms with Gasteiger partial charge in [0, 0.05) is 19.6 Å². The number of hydrogen-bond donors (Lipinski definition) is 2. The minimum atomic E-state index is -1.09. The van der Waals surface area contributed by atoms with Crippen molar-refractivity contribution in [2.75, 3.05) is 31.1 Å². The maximum Gasteiger partial charge on any atom is 0.251 e. The summed E-state index contributed by atoms with van der Waals surface area (Å²) < 4.78 is 21.2. The second-order valence-corrected chi connectivity index (χ2v) is 6.97. The molecule has 0 aliphatic carbocycles. The number of aromatic nitrogens is 2. The highest BCUT2D eigenvalue weighted by Crippen LogP contribution is 2.26. The van der Waals surface area contributed by atoms with E-state index in [-0.39, 0.29) is 18.6 Å². The third-order valence-corrected chi connectivity index (χ3v) is 5.01. The lowest BCUT2D eigenvalue weighted by Gasteiger charge is -2.38. The van der Waals surface area contributed by atoms with Gasteiger partial charge in [-0.3, -0.25) is 4.79 Å². The van der Waals surface area contributed by atoms with Crippen LogP contribution in [0.15, 0.2) is 24.4 Å². The van der Waals surface area contributed by atoms with Gasteiger partial charge in [0.05, 0.1) is 36.1 Å². The van der Waals surface area contributed by atoms with Crippen LogP contribution in [-0.4, -0.2) is 66.1 Å². The summed E-state index contributed by atoms with van der Waals surface area (Å²) in [4.78, 5) is 14.7. The molecule has 2 aliphatic heterocycles. The van der Waals surface area contributed by atoms with Gasteiger partial charge in [0.25, 0.3) is 5.91 Å². The van der Waals surface area contributed by atoms with E-state index in [1.807, 2.05) is 19.1 Å². The Hall–Kier alpha value is -2.70. The van der Waals surface area contributed by atoms with Gasteiger partial charge in [-0.2, -0.15) is 10.4 Å². The number of halogens is 1. The number of alkyl halides is 1. The van der Waals surface area contributed by atoms with Crippen molar-refractivity contribution >= 4 is 17.1 Å². The summed E-state index contributed by atoms with van der Waals surface area (Å²) in [7, 11) is 0. The van der Waals surface area contributed by atoms with E-state index in [4.69, 9.17) is 4.74 Å². The molecule has 2 aromatic rings. The third kappa shape index (κ3) is 3.34. The summed E-state index contributed by atoms with van der Waals surface area (Å²) in [5.41, 5.74) is 2.12. The van der Waals surface area contributed by atoms with Gasteiger partial charge in [-0.1, -0.05) is 0 Å². The molecule has 2 fully saturated rings. The number of pyridine rings is 1. The minimum Gasteiger partial charge on any atom is -0.364 e. The maximum atomic E-state index is 13.8. The zero-order valence-corrected chi connectivity index (χ0v) is 14.9.